The van der Waals surface area contributed by atoms with E-state index in [2.05, 4.69) is 15.3 Å². The van der Waals surface area contributed by atoms with Gasteiger partial charge in [-0.2, -0.15) is 13.2 Å². The normalized spacial score (nSPS) is 11.3. The molecule has 0 fully saturated rings. The van der Waals surface area contributed by atoms with Gasteiger partial charge in [-0.15, -0.1) is 0 Å². The Morgan fingerprint density at radius 2 is 2.05 bits per heavy atom. The number of aromatic amines is 1. The van der Waals surface area contributed by atoms with Gasteiger partial charge in [-0.25, -0.2) is 4.98 Å². The minimum atomic E-state index is -4.44. The maximum atomic E-state index is 12.5. The molecule has 0 atom stereocenters. The molecule has 0 radical (unpaired) electrons. The number of alkyl halides is 3. The number of nitrogen functional groups attached to an aromatic ring is 1. The number of hydrogen-bond acceptors (Lipinski definition) is 4. The van der Waals surface area contributed by atoms with Crippen LogP contribution in [0, 0.1) is 0 Å². The molecule has 0 amide bonds. The van der Waals surface area contributed by atoms with Crippen molar-refractivity contribution in [1.29, 1.82) is 0 Å². The van der Waals surface area contributed by atoms with Crippen molar-refractivity contribution in [3.63, 3.8) is 0 Å². The van der Waals surface area contributed by atoms with E-state index in [9.17, 15) is 18.0 Å². The third-order valence-corrected chi connectivity index (χ3v) is 2.34. The molecule has 4 N–H and O–H groups in total. The van der Waals surface area contributed by atoms with Crippen molar-refractivity contribution < 1.29 is 13.2 Å². The van der Waals surface area contributed by atoms with E-state index >= 15 is 0 Å². The van der Waals surface area contributed by atoms with Gasteiger partial charge in [0.1, 0.15) is 5.69 Å². The Morgan fingerprint density at radius 3 is 2.74 bits per heavy atom. The predicted molar refractivity (Wildman–Crippen MR) is 64.0 cm³/mol. The van der Waals surface area contributed by atoms with Crippen molar-refractivity contribution in [3.05, 3.63) is 46.5 Å². The molecule has 0 aliphatic rings. The van der Waals surface area contributed by atoms with Crippen LogP contribution in [0.4, 0.5) is 30.4 Å². The smallest absolute Gasteiger partial charge is 0.391 e. The molecule has 1 aromatic carbocycles. The maximum Gasteiger partial charge on any atom is 0.416 e. The average Bonchev–Trinajstić information content (AvgIpc) is 2.34. The zero-order valence-electron chi connectivity index (χ0n) is 9.45. The van der Waals surface area contributed by atoms with Crippen molar-refractivity contribution in [2.75, 3.05) is 11.1 Å². The highest BCUT2D eigenvalue weighted by Gasteiger charge is 2.30. The maximum absolute atomic E-state index is 12.5. The first-order valence-corrected chi connectivity index (χ1v) is 5.15. The average molecular weight is 270 g/mol. The first kappa shape index (κ1) is 12.9. The van der Waals surface area contributed by atoms with Gasteiger partial charge >= 0.3 is 6.18 Å². The molecule has 0 aliphatic carbocycles. The van der Waals surface area contributed by atoms with Gasteiger partial charge in [-0.1, -0.05) is 6.07 Å². The van der Waals surface area contributed by atoms with E-state index in [1.54, 1.807) is 0 Å². The summed E-state index contributed by atoms with van der Waals surface area (Å²) in [4.78, 5) is 17.2. The van der Waals surface area contributed by atoms with Gasteiger partial charge < -0.3 is 16.0 Å². The Labute approximate surface area is 105 Å². The van der Waals surface area contributed by atoms with Gasteiger partial charge in [-0.05, 0) is 18.2 Å². The second-order valence-corrected chi connectivity index (χ2v) is 3.70. The molecule has 1 heterocycles. The predicted octanol–water partition coefficient (Wildman–Crippen LogP) is 2.11. The van der Waals surface area contributed by atoms with Crippen molar-refractivity contribution in [1.82, 2.24) is 9.97 Å². The number of benzene rings is 1. The van der Waals surface area contributed by atoms with Gasteiger partial charge in [0.2, 0.25) is 0 Å². The fourth-order valence-corrected chi connectivity index (χ4v) is 1.42. The molecule has 0 saturated carbocycles. The minimum absolute atomic E-state index is 0.00285. The summed E-state index contributed by atoms with van der Waals surface area (Å²) in [5, 5.41) is 2.57. The van der Waals surface area contributed by atoms with E-state index in [-0.39, 0.29) is 17.2 Å². The lowest BCUT2D eigenvalue weighted by molar-refractivity contribution is -0.137. The molecule has 0 aliphatic heterocycles. The molecule has 0 spiro atoms. The van der Waals surface area contributed by atoms with E-state index in [0.717, 1.165) is 18.5 Å². The second kappa shape index (κ2) is 4.63. The Bertz CT molecular complexity index is 651. The molecule has 1 aromatic heterocycles. The molecule has 8 heteroatoms. The van der Waals surface area contributed by atoms with Crippen molar-refractivity contribution in [2.45, 2.75) is 6.18 Å². The monoisotopic (exact) mass is 270 g/mol. The molecule has 0 unspecified atom stereocenters. The van der Waals surface area contributed by atoms with E-state index in [4.69, 9.17) is 5.73 Å². The highest BCUT2D eigenvalue weighted by Crippen LogP contribution is 2.31. The summed E-state index contributed by atoms with van der Waals surface area (Å²) in [6.45, 7) is 0. The number of nitrogens with one attached hydrogen (secondary N) is 2. The standard InChI is InChI=1S/C11H9F3N4O/c12-11(13,14)6-2-1-3-7(4-6)18-9-8(15)10(19)17-5-16-9/h1-5H,15H2,(H2,16,17,18,19). The number of anilines is 3. The number of hydrogen-bond donors (Lipinski definition) is 3. The van der Waals surface area contributed by atoms with Crippen LogP contribution in [-0.2, 0) is 6.18 Å². The lowest BCUT2D eigenvalue weighted by Gasteiger charge is -2.10. The first-order chi connectivity index (χ1) is 8.88. The molecule has 2 rings (SSSR count). The van der Waals surface area contributed by atoms with Crippen LogP contribution in [0.15, 0.2) is 35.4 Å². The third-order valence-electron chi connectivity index (χ3n) is 2.34. The zero-order chi connectivity index (χ0) is 14.0. The summed E-state index contributed by atoms with van der Waals surface area (Å²) < 4.78 is 37.6. The fraction of sp³-hybridized carbons (Fsp3) is 0.0909. The summed E-state index contributed by atoms with van der Waals surface area (Å²) in [6, 6.07) is 4.51. The molecular weight excluding hydrogens is 261 g/mol. The quantitative estimate of drug-likeness (QED) is 0.780. The molecule has 100 valence electrons. The number of nitrogens with two attached hydrogens (primary N) is 1. The molecule has 5 nitrogen and oxygen atoms in total. The topological polar surface area (TPSA) is 83.8 Å². The van der Waals surface area contributed by atoms with E-state index < -0.39 is 17.3 Å². The van der Waals surface area contributed by atoms with Crippen LogP contribution in [0.3, 0.4) is 0 Å². The number of aromatic nitrogens is 2. The van der Waals surface area contributed by atoms with Crippen LogP contribution < -0.4 is 16.6 Å². The Kier molecular flexibility index (Phi) is 3.16. The first-order valence-electron chi connectivity index (χ1n) is 5.15. The summed E-state index contributed by atoms with van der Waals surface area (Å²) >= 11 is 0. The number of nitrogens with zero attached hydrogens (tertiary/aromatic N) is 1. The van der Waals surface area contributed by atoms with Gasteiger partial charge in [0.25, 0.3) is 5.56 Å². The molecule has 19 heavy (non-hydrogen) atoms. The van der Waals surface area contributed by atoms with E-state index in [0.29, 0.717) is 0 Å². The van der Waals surface area contributed by atoms with Crippen molar-refractivity contribution >= 4 is 17.2 Å². The Balaban J connectivity index is 2.34. The zero-order valence-corrected chi connectivity index (χ0v) is 9.45. The van der Waals surface area contributed by atoms with Crippen LogP contribution in [0.5, 0.6) is 0 Å². The van der Waals surface area contributed by atoms with Gasteiger partial charge in [-0.3, -0.25) is 4.79 Å². The Morgan fingerprint density at radius 1 is 1.32 bits per heavy atom. The summed E-state index contributed by atoms with van der Waals surface area (Å²) in [7, 11) is 0. The Hall–Kier alpha value is -2.51. The van der Waals surface area contributed by atoms with Gasteiger partial charge in [0, 0.05) is 5.69 Å². The summed E-state index contributed by atoms with van der Waals surface area (Å²) in [5.41, 5.74) is 4.04. The van der Waals surface area contributed by atoms with E-state index in [1.165, 1.54) is 12.1 Å². The molecule has 0 saturated heterocycles. The van der Waals surface area contributed by atoms with Crippen LogP contribution >= 0.6 is 0 Å². The minimum Gasteiger partial charge on any atom is -0.391 e. The SMILES string of the molecule is Nc1c(Nc2cccc(C(F)(F)F)c2)nc[nH]c1=O. The molecular formula is C11H9F3N4O. The highest BCUT2D eigenvalue weighted by molar-refractivity contribution is 5.67. The van der Waals surface area contributed by atoms with Gasteiger partial charge in [0.15, 0.2) is 5.82 Å². The van der Waals surface area contributed by atoms with Crippen LogP contribution in [0.1, 0.15) is 5.56 Å². The number of rotatable bonds is 2. The number of halogens is 3. The molecule has 0 bridgehead atoms. The summed E-state index contributed by atoms with van der Waals surface area (Å²) in [6.07, 6.45) is -3.33. The lowest BCUT2D eigenvalue weighted by Crippen LogP contribution is -2.14. The van der Waals surface area contributed by atoms with Crippen molar-refractivity contribution in [3.8, 4) is 0 Å². The highest BCUT2D eigenvalue weighted by atomic mass is 19.4. The third kappa shape index (κ3) is 2.84. The number of H-pyrrole nitrogens is 1. The lowest BCUT2D eigenvalue weighted by atomic mass is 10.2. The largest absolute Gasteiger partial charge is 0.416 e. The fourth-order valence-electron chi connectivity index (χ4n) is 1.42. The second-order valence-electron chi connectivity index (χ2n) is 3.70. The summed E-state index contributed by atoms with van der Waals surface area (Å²) in [5.74, 6) is 0.00285. The van der Waals surface area contributed by atoms with Crippen molar-refractivity contribution in [2.24, 2.45) is 0 Å². The van der Waals surface area contributed by atoms with Crippen LogP contribution in [0.25, 0.3) is 0 Å². The molecule has 2 aromatic rings. The van der Waals surface area contributed by atoms with E-state index in [1.807, 2.05) is 0 Å². The van der Waals surface area contributed by atoms with Crippen LogP contribution in [-0.4, -0.2) is 9.97 Å². The van der Waals surface area contributed by atoms with Crippen LogP contribution in [0.2, 0.25) is 0 Å². The van der Waals surface area contributed by atoms with Gasteiger partial charge in [0.05, 0.1) is 11.9 Å².